The maximum absolute atomic E-state index is 13.7. The molecule has 29 heavy (non-hydrogen) atoms. The molecule has 0 spiro atoms. The van der Waals surface area contributed by atoms with Crippen molar-refractivity contribution in [2.24, 2.45) is 5.92 Å². The monoisotopic (exact) mass is 433 g/mol. The van der Waals surface area contributed by atoms with Crippen LogP contribution in [0.15, 0.2) is 39.8 Å². The largest absolute Gasteiger partial charge is 0.459 e. The molecule has 152 valence electrons. The predicted molar refractivity (Wildman–Crippen MR) is 113 cm³/mol. The van der Waals surface area contributed by atoms with E-state index in [1.165, 1.54) is 35.7 Å². The summed E-state index contributed by atoms with van der Waals surface area (Å²) in [6.07, 6.45) is 2.49. The summed E-state index contributed by atoms with van der Waals surface area (Å²) in [5.74, 6) is 0.580. The Balaban J connectivity index is 1.73. The Kier molecular flexibility index (Phi) is 4.82. The Bertz CT molecular complexity index is 1330. The number of hydrogen-bond donors (Lipinski definition) is 1. The second kappa shape index (κ2) is 7.07. The number of nitrogens with zero attached hydrogens (tertiary/aromatic N) is 2. The number of rotatable bonds is 5. The lowest BCUT2D eigenvalue weighted by atomic mass is 9.98. The van der Waals surface area contributed by atoms with Crippen molar-refractivity contribution in [1.29, 1.82) is 0 Å². The van der Waals surface area contributed by atoms with Gasteiger partial charge in [0.05, 0.1) is 10.9 Å². The van der Waals surface area contributed by atoms with Crippen molar-refractivity contribution in [2.75, 3.05) is 11.6 Å². The number of furan rings is 1. The Morgan fingerprint density at radius 2 is 2.00 bits per heavy atom. The average Bonchev–Trinajstić information content (AvgIpc) is 3.19. The van der Waals surface area contributed by atoms with E-state index < -0.39 is 9.84 Å². The fourth-order valence-electron chi connectivity index (χ4n) is 3.25. The van der Waals surface area contributed by atoms with E-state index in [0.29, 0.717) is 21.1 Å². The number of aryl methyl sites for hydroxylation is 1. The predicted octanol–water partition coefficient (Wildman–Crippen LogP) is 5.10. The number of sulfone groups is 1. The van der Waals surface area contributed by atoms with E-state index in [9.17, 15) is 12.8 Å². The number of hydrogen-bond acceptors (Lipinski definition) is 7. The molecule has 1 unspecified atom stereocenters. The lowest BCUT2D eigenvalue weighted by Crippen LogP contribution is -2.17. The molecule has 0 amide bonds. The van der Waals surface area contributed by atoms with Crippen LogP contribution >= 0.6 is 11.3 Å². The molecule has 0 saturated carbocycles. The van der Waals surface area contributed by atoms with E-state index in [1.54, 1.807) is 6.07 Å². The Morgan fingerprint density at radius 3 is 2.69 bits per heavy atom. The van der Waals surface area contributed by atoms with Crippen molar-refractivity contribution in [1.82, 2.24) is 9.97 Å². The van der Waals surface area contributed by atoms with Gasteiger partial charge in [-0.1, -0.05) is 25.2 Å². The van der Waals surface area contributed by atoms with Gasteiger partial charge in [0.1, 0.15) is 27.5 Å². The summed E-state index contributed by atoms with van der Waals surface area (Å²) in [6.45, 7) is 6.02. The molecule has 0 bridgehead atoms. The van der Waals surface area contributed by atoms with Crippen molar-refractivity contribution < 1.29 is 17.2 Å². The third-order valence-corrected chi connectivity index (χ3v) is 6.80. The van der Waals surface area contributed by atoms with Gasteiger partial charge in [-0.3, -0.25) is 0 Å². The molecule has 6 nitrogen and oxygen atoms in total. The van der Waals surface area contributed by atoms with Crippen LogP contribution in [0, 0.1) is 18.7 Å². The van der Waals surface area contributed by atoms with Crippen molar-refractivity contribution in [3.63, 3.8) is 0 Å². The highest BCUT2D eigenvalue weighted by Crippen LogP contribution is 2.37. The molecule has 4 aromatic rings. The molecule has 0 aliphatic rings. The van der Waals surface area contributed by atoms with Crippen molar-refractivity contribution in [3.05, 3.63) is 47.6 Å². The van der Waals surface area contributed by atoms with Gasteiger partial charge in [0.2, 0.25) is 0 Å². The topological polar surface area (TPSA) is 85.1 Å². The van der Waals surface area contributed by atoms with Gasteiger partial charge in [0.15, 0.2) is 15.0 Å². The molecule has 0 fully saturated rings. The first-order valence-corrected chi connectivity index (χ1v) is 11.8. The van der Waals surface area contributed by atoms with Crippen LogP contribution in [0.4, 0.5) is 9.52 Å². The molecular formula is C20H20FN3O3S2. The van der Waals surface area contributed by atoms with Crippen LogP contribution in [0.5, 0.6) is 0 Å². The third kappa shape index (κ3) is 3.72. The smallest absolute Gasteiger partial charge is 0.185 e. The zero-order valence-corrected chi connectivity index (χ0v) is 18.0. The molecule has 0 radical (unpaired) electrons. The highest BCUT2D eigenvalue weighted by Gasteiger charge is 2.25. The number of aromatic nitrogens is 2. The standard InChI is InChI=1S/C20H20FN3O3S2/c1-10(2)17(18-11(3)14-7-12(21)5-6-16(14)27-18)24-20-23-15-8-13(29(4,25)26)9-22-19(15)28-20/h5-10,17H,1-4H3,(H,23,24). The zero-order valence-electron chi connectivity index (χ0n) is 16.4. The summed E-state index contributed by atoms with van der Waals surface area (Å²) in [5, 5.41) is 4.75. The highest BCUT2D eigenvalue weighted by molar-refractivity contribution is 7.90. The third-order valence-electron chi connectivity index (χ3n) is 4.81. The molecule has 1 aromatic carbocycles. The molecule has 4 rings (SSSR count). The molecule has 3 aromatic heterocycles. The van der Waals surface area contributed by atoms with Crippen LogP contribution in [0.2, 0.25) is 0 Å². The van der Waals surface area contributed by atoms with Gasteiger partial charge in [0, 0.05) is 23.4 Å². The fourth-order valence-corrected chi connectivity index (χ4v) is 4.64. The first-order valence-electron chi connectivity index (χ1n) is 9.05. The number of thiazole rings is 1. The lowest BCUT2D eigenvalue weighted by Gasteiger charge is -2.20. The minimum Gasteiger partial charge on any atom is -0.459 e. The van der Waals surface area contributed by atoms with E-state index in [-0.39, 0.29) is 22.7 Å². The van der Waals surface area contributed by atoms with E-state index in [0.717, 1.165) is 23.0 Å². The van der Waals surface area contributed by atoms with Crippen LogP contribution in [0.1, 0.15) is 31.2 Å². The summed E-state index contributed by atoms with van der Waals surface area (Å²) in [4.78, 5) is 9.52. The van der Waals surface area contributed by atoms with E-state index in [1.807, 2.05) is 6.92 Å². The van der Waals surface area contributed by atoms with E-state index >= 15 is 0 Å². The van der Waals surface area contributed by atoms with Gasteiger partial charge in [-0.2, -0.15) is 0 Å². The van der Waals surface area contributed by atoms with E-state index in [2.05, 4.69) is 29.1 Å². The fraction of sp³-hybridized carbons (Fsp3) is 0.300. The number of nitrogens with one attached hydrogen (secondary N) is 1. The number of anilines is 1. The Morgan fingerprint density at radius 1 is 1.24 bits per heavy atom. The molecule has 0 aliphatic heterocycles. The highest BCUT2D eigenvalue weighted by atomic mass is 32.2. The summed E-state index contributed by atoms with van der Waals surface area (Å²) < 4.78 is 43.2. The summed E-state index contributed by atoms with van der Waals surface area (Å²) >= 11 is 1.34. The van der Waals surface area contributed by atoms with Gasteiger partial charge in [-0.05, 0) is 37.1 Å². The molecule has 0 aliphatic carbocycles. The van der Waals surface area contributed by atoms with Crippen molar-refractivity contribution >= 4 is 47.6 Å². The van der Waals surface area contributed by atoms with Crippen LogP contribution < -0.4 is 5.32 Å². The van der Waals surface area contributed by atoms with Crippen LogP contribution in [0.3, 0.4) is 0 Å². The van der Waals surface area contributed by atoms with Crippen LogP contribution in [-0.2, 0) is 9.84 Å². The van der Waals surface area contributed by atoms with Crippen molar-refractivity contribution in [2.45, 2.75) is 31.7 Å². The molecule has 1 N–H and O–H groups in total. The first kappa shape index (κ1) is 19.8. The number of pyridine rings is 1. The number of halogens is 1. The van der Waals surface area contributed by atoms with Gasteiger partial charge < -0.3 is 9.73 Å². The summed E-state index contributed by atoms with van der Waals surface area (Å²) in [7, 11) is -3.35. The maximum Gasteiger partial charge on any atom is 0.185 e. The average molecular weight is 434 g/mol. The molecule has 0 saturated heterocycles. The second-order valence-corrected chi connectivity index (χ2v) is 10.4. The summed E-state index contributed by atoms with van der Waals surface area (Å²) in [6, 6.07) is 5.82. The molecule has 1 atom stereocenters. The van der Waals surface area contributed by atoms with Crippen molar-refractivity contribution in [3.8, 4) is 0 Å². The maximum atomic E-state index is 13.7. The van der Waals surface area contributed by atoms with Crippen LogP contribution in [-0.4, -0.2) is 24.6 Å². The van der Waals surface area contributed by atoms with Gasteiger partial charge in [0.25, 0.3) is 0 Å². The Labute approximate surface area is 171 Å². The number of fused-ring (bicyclic) bond motifs is 2. The van der Waals surface area contributed by atoms with Gasteiger partial charge in [-0.25, -0.2) is 22.8 Å². The second-order valence-electron chi connectivity index (χ2n) is 7.38. The van der Waals surface area contributed by atoms with Gasteiger partial charge >= 0.3 is 0 Å². The Hall–Kier alpha value is -2.52. The minimum absolute atomic E-state index is 0.136. The SMILES string of the molecule is Cc1c(C(Nc2nc3cc(S(C)(=O)=O)cnc3s2)C(C)C)oc2ccc(F)cc12. The molecular weight excluding hydrogens is 413 g/mol. The molecule has 9 heteroatoms. The van der Waals surface area contributed by atoms with E-state index in [4.69, 9.17) is 4.42 Å². The lowest BCUT2D eigenvalue weighted by molar-refractivity contribution is 0.437. The molecule has 3 heterocycles. The van der Waals surface area contributed by atoms with Gasteiger partial charge in [-0.15, -0.1) is 0 Å². The first-order chi connectivity index (χ1) is 13.6. The normalized spacial score (nSPS) is 13.4. The minimum atomic E-state index is -3.35. The zero-order chi connectivity index (χ0) is 20.9. The summed E-state index contributed by atoms with van der Waals surface area (Å²) in [5.41, 5.74) is 2.03. The quantitative estimate of drug-likeness (QED) is 0.471. The number of benzene rings is 1. The van der Waals surface area contributed by atoms with Crippen LogP contribution in [0.25, 0.3) is 21.3 Å².